The predicted octanol–water partition coefficient (Wildman–Crippen LogP) is 3.35. The summed E-state index contributed by atoms with van der Waals surface area (Å²) >= 11 is 2.08. The molecule has 1 aliphatic rings. The van der Waals surface area contributed by atoms with Crippen molar-refractivity contribution in [3.8, 4) is 0 Å². The molecule has 0 aromatic heterocycles. The number of hydrogen-bond acceptors (Lipinski definition) is 2. The van der Waals surface area contributed by atoms with E-state index in [1.54, 1.807) is 0 Å². The molecule has 0 heterocycles. The van der Waals surface area contributed by atoms with Crippen LogP contribution in [-0.4, -0.2) is 17.0 Å². The molecule has 2 N–H and O–H groups in total. The normalized spacial score (nSPS) is 20.5. The number of hydrogen-bond donors (Lipinski definition) is 1. The van der Waals surface area contributed by atoms with Crippen molar-refractivity contribution in [1.82, 2.24) is 0 Å². The van der Waals surface area contributed by atoms with Crippen LogP contribution in [0.5, 0.6) is 0 Å². The highest BCUT2D eigenvalue weighted by atomic mass is 32.2. The van der Waals surface area contributed by atoms with Gasteiger partial charge in [0.25, 0.3) is 0 Å². The molecule has 2 heteroatoms. The van der Waals surface area contributed by atoms with E-state index >= 15 is 0 Å². The molecule has 1 saturated carbocycles. The summed E-state index contributed by atoms with van der Waals surface area (Å²) in [4.78, 5) is 0. The van der Waals surface area contributed by atoms with Crippen LogP contribution in [0, 0.1) is 0 Å². The van der Waals surface area contributed by atoms with E-state index in [4.69, 9.17) is 5.73 Å². The van der Waals surface area contributed by atoms with E-state index in [-0.39, 0.29) is 6.04 Å². The van der Waals surface area contributed by atoms with Crippen molar-refractivity contribution >= 4 is 11.8 Å². The van der Waals surface area contributed by atoms with Crippen LogP contribution in [-0.2, 0) is 0 Å². The molecule has 1 atom stereocenters. The van der Waals surface area contributed by atoms with Gasteiger partial charge in [0, 0.05) is 17.0 Å². The monoisotopic (exact) mass is 213 g/mol. The molecule has 14 heavy (non-hydrogen) atoms. The smallest absolute Gasteiger partial charge is 0.0318 e. The maximum Gasteiger partial charge on any atom is 0.0318 e. The molecule has 0 radical (unpaired) electrons. The SMILES string of the molecule is CC(C)=CC(N)CSC1CCCCC1. The topological polar surface area (TPSA) is 26.0 Å². The maximum atomic E-state index is 5.99. The molecule has 1 nitrogen and oxygen atoms in total. The van der Waals surface area contributed by atoms with Crippen LogP contribution in [0.3, 0.4) is 0 Å². The van der Waals surface area contributed by atoms with E-state index in [1.165, 1.54) is 37.7 Å². The zero-order valence-electron chi connectivity index (χ0n) is 9.46. The molecule has 0 aliphatic heterocycles. The van der Waals surface area contributed by atoms with Gasteiger partial charge >= 0.3 is 0 Å². The van der Waals surface area contributed by atoms with Crippen LogP contribution in [0.1, 0.15) is 46.0 Å². The first-order chi connectivity index (χ1) is 6.68. The minimum Gasteiger partial charge on any atom is -0.324 e. The Morgan fingerprint density at radius 1 is 1.36 bits per heavy atom. The Bertz CT molecular complexity index is 179. The van der Waals surface area contributed by atoms with Crippen LogP contribution in [0.4, 0.5) is 0 Å². The van der Waals surface area contributed by atoms with Crippen molar-refractivity contribution in [2.75, 3.05) is 5.75 Å². The minimum atomic E-state index is 0.256. The molecule has 0 amide bonds. The van der Waals surface area contributed by atoms with Gasteiger partial charge in [0.1, 0.15) is 0 Å². The molecular formula is C12H23NS. The third-order valence-corrected chi connectivity index (χ3v) is 4.14. The molecule has 0 aromatic rings. The Morgan fingerprint density at radius 3 is 2.57 bits per heavy atom. The van der Waals surface area contributed by atoms with E-state index in [0.717, 1.165) is 11.0 Å². The maximum absolute atomic E-state index is 5.99. The Kier molecular flexibility index (Phi) is 5.64. The first kappa shape index (κ1) is 12.1. The van der Waals surface area contributed by atoms with Gasteiger partial charge < -0.3 is 5.73 Å². The number of nitrogens with two attached hydrogens (primary N) is 1. The highest BCUT2D eigenvalue weighted by Gasteiger charge is 2.14. The van der Waals surface area contributed by atoms with Crippen molar-refractivity contribution in [2.24, 2.45) is 5.73 Å². The lowest BCUT2D eigenvalue weighted by molar-refractivity contribution is 0.516. The van der Waals surface area contributed by atoms with Crippen LogP contribution in [0.2, 0.25) is 0 Å². The van der Waals surface area contributed by atoms with Gasteiger partial charge in [-0.05, 0) is 26.7 Å². The van der Waals surface area contributed by atoms with Crippen molar-refractivity contribution in [1.29, 1.82) is 0 Å². The highest BCUT2D eigenvalue weighted by Crippen LogP contribution is 2.28. The van der Waals surface area contributed by atoms with E-state index in [2.05, 4.69) is 31.7 Å². The van der Waals surface area contributed by atoms with Gasteiger partial charge in [0.15, 0.2) is 0 Å². The summed E-state index contributed by atoms with van der Waals surface area (Å²) in [5.41, 5.74) is 7.33. The molecule has 0 saturated heterocycles. The highest BCUT2D eigenvalue weighted by molar-refractivity contribution is 7.99. The van der Waals surface area contributed by atoms with E-state index in [0.29, 0.717) is 0 Å². The van der Waals surface area contributed by atoms with Crippen LogP contribution >= 0.6 is 11.8 Å². The van der Waals surface area contributed by atoms with E-state index in [1.807, 2.05) is 0 Å². The molecular weight excluding hydrogens is 190 g/mol. The van der Waals surface area contributed by atoms with E-state index in [9.17, 15) is 0 Å². The molecule has 0 aromatic carbocycles. The molecule has 1 unspecified atom stereocenters. The van der Waals surface area contributed by atoms with Gasteiger partial charge in [-0.15, -0.1) is 0 Å². The standard InChI is InChI=1S/C12H23NS/c1-10(2)8-11(13)9-14-12-6-4-3-5-7-12/h8,11-12H,3-7,9,13H2,1-2H3. The van der Waals surface area contributed by atoms with Crippen molar-refractivity contribution in [3.63, 3.8) is 0 Å². The summed E-state index contributed by atoms with van der Waals surface area (Å²) in [5, 5.41) is 0.889. The van der Waals surface area contributed by atoms with Gasteiger partial charge in [-0.25, -0.2) is 0 Å². The fourth-order valence-corrected chi connectivity index (χ4v) is 3.21. The number of allylic oxidation sites excluding steroid dienone is 1. The largest absolute Gasteiger partial charge is 0.324 e. The van der Waals surface area contributed by atoms with Crippen molar-refractivity contribution in [3.05, 3.63) is 11.6 Å². The van der Waals surface area contributed by atoms with Gasteiger partial charge in [0.05, 0.1) is 0 Å². The van der Waals surface area contributed by atoms with Crippen molar-refractivity contribution < 1.29 is 0 Å². The second-order valence-corrected chi connectivity index (χ2v) is 5.83. The number of rotatable bonds is 4. The molecule has 1 fully saturated rings. The number of thioether (sulfide) groups is 1. The fourth-order valence-electron chi connectivity index (χ4n) is 1.96. The second kappa shape index (κ2) is 6.52. The first-order valence-corrected chi connectivity index (χ1v) is 6.75. The summed E-state index contributed by atoms with van der Waals surface area (Å²) in [6.07, 6.45) is 9.29. The van der Waals surface area contributed by atoms with Crippen LogP contribution < -0.4 is 5.73 Å². The minimum absolute atomic E-state index is 0.256. The average molecular weight is 213 g/mol. The summed E-state index contributed by atoms with van der Waals surface area (Å²) in [7, 11) is 0. The molecule has 82 valence electrons. The summed E-state index contributed by atoms with van der Waals surface area (Å²) in [6, 6.07) is 0.256. The first-order valence-electron chi connectivity index (χ1n) is 5.70. The zero-order valence-corrected chi connectivity index (χ0v) is 10.3. The third kappa shape index (κ3) is 5.06. The fraction of sp³-hybridized carbons (Fsp3) is 0.833. The van der Waals surface area contributed by atoms with Gasteiger partial charge in [0.2, 0.25) is 0 Å². The lowest BCUT2D eigenvalue weighted by Gasteiger charge is -2.21. The summed E-state index contributed by atoms with van der Waals surface area (Å²) in [6.45, 7) is 4.23. The summed E-state index contributed by atoms with van der Waals surface area (Å²) < 4.78 is 0. The third-order valence-electron chi connectivity index (χ3n) is 2.62. The average Bonchev–Trinajstić information content (AvgIpc) is 2.15. The van der Waals surface area contributed by atoms with Gasteiger partial charge in [-0.2, -0.15) is 11.8 Å². The molecule has 1 rings (SSSR count). The van der Waals surface area contributed by atoms with Crippen LogP contribution in [0.25, 0.3) is 0 Å². The Morgan fingerprint density at radius 2 is 2.00 bits per heavy atom. The van der Waals surface area contributed by atoms with Gasteiger partial charge in [-0.3, -0.25) is 0 Å². The Labute approximate surface area is 92.5 Å². The second-order valence-electron chi connectivity index (χ2n) is 4.50. The van der Waals surface area contributed by atoms with Crippen molar-refractivity contribution in [2.45, 2.75) is 57.2 Å². The van der Waals surface area contributed by atoms with Crippen LogP contribution in [0.15, 0.2) is 11.6 Å². The quantitative estimate of drug-likeness (QED) is 0.725. The Balaban J connectivity index is 2.15. The Hall–Kier alpha value is 0.0500. The summed E-state index contributed by atoms with van der Waals surface area (Å²) in [5.74, 6) is 1.09. The lowest BCUT2D eigenvalue weighted by Crippen LogP contribution is -2.22. The zero-order chi connectivity index (χ0) is 10.4. The molecule has 1 aliphatic carbocycles. The molecule has 0 spiro atoms. The van der Waals surface area contributed by atoms with E-state index < -0.39 is 0 Å². The van der Waals surface area contributed by atoms with Gasteiger partial charge in [-0.1, -0.05) is 30.9 Å². The predicted molar refractivity (Wildman–Crippen MR) is 66.7 cm³/mol. The molecule has 0 bridgehead atoms. The lowest BCUT2D eigenvalue weighted by atomic mass is 10.0.